The van der Waals surface area contributed by atoms with Gasteiger partial charge in [0.25, 0.3) is 0 Å². The number of anilines is 1. The standard InChI is InChI=1S/C19H18N2OS/c1-14-13-23-19(20-14)21-18(22)12-17(15-8-4-2-5-9-15)16-10-6-3-7-11-16/h2-11,13,17H,12H2,1H3,(H,20,21,22). The first-order chi connectivity index (χ1) is 11.2. The summed E-state index contributed by atoms with van der Waals surface area (Å²) in [5.41, 5.74) is 3.21. The summed E-state index contributed by atoms with van der Waals surface area (Å²) in [5, 5.41) is 5.49. The predicted octanol–water partition coefficient (Wildman–Crippen LogP) is 4.61. The van der Waals surface area contributed by atoms with E-state index in [9.17, 15) is 4.79 Å². The molecule has 1 N–H and O–H groups in total. The van der Waals surface area contributed by atoms with Gasteiger partial charge in [-0.2, -0.15) is 0 Å². The van der Waals surface area contributed by atoms with Gasteiger partial charge >= 0.3 is 0 Å². The molecule has 1 amide bonds. The highest BCUT2D eigenvalue weighted by molar-refractivity contribution is 7.13. The topological polar surface area (TPSA) is 42.0 Å². The lowest BCUT2D eigenvalue weighted by molar-refractivity contribution is -0.116. The normalized spacial score (nSPS) is 10.7. The summed E-state index contributed by atoms with van der Waals surface area (Å²) in [4.78, 5) is 16.7. The van der Waals surface area contributed by atoms with Crippen LogP contribution in [0.5, 0.6) is 0 Å². The summed E-state index contributed by atoms with van der Waals surface area (Å²) >= 11 is 1.45. The Balaban J connectivity index is 1.80. The predicted molar refractivity (Wildman–Crippen MR) is 94.8 cm³/mol. The van der Waals surface area contributed by atoms with Gasteiger partial charge in [0, 0.05) is 17.7 Å². The smallest absolute Gasteiger partial charge is 0.227 e. The molecule has 0 radical (unpaired) electrons. The fraction of sp³-hybridized carbons (Fsp3) is 0.158. The number of nitrogens with zero attached hydrogens (tertiary/aromatic N) is 1. The van der Waals surface area contributed by atoms with Crippen molar-refractivity contribution in [1.82, 2.24) is 4.98 Å². The average molecular weight is 322 g/mol. The van der Waals surface area contributed by atoms with Gasteiger partial charge in [-0.25, -0.2) is 4.98 Å². The van der Waals surface area contributed by atoms with Crippen molar-refractivity contribution in [3.63, 3.8) is 0 Å². The lowest BCUT2D eigenvalue weighted by Gasteiger charge is -2.17. The highest BCUT2D eigenvalue weighted by Crippen LogP contribution is 2.28. The van der Waals surface area contributed by atoms with Crippen molar-refractivity contribution in [3.05, 3.63) is 82.9 Å². The lowest BCUT2D eigenvalue weighted by atomic mass is 9.88. The van der Waals surface area contributed by atoms with Crippen molar-refractivity contribution in [3.8, 4) is 0 Å². The molecule has 0 saturated carbocycles. The molecule has 3 nitrogen and oxygen atoms in total. The molecule has 0 unspecified atom stereocenters. The van der Waals surface area contributed by atoms with E-state index in [-0.39, 0.29) is 11.8 Å². The number of hydrogen-bond acceptors (Lipinski definition) is 3. The highest BCUT2D eigenvalue weighted by atomic mass is 32.1. The van der Waals surface area contributed by atoms with Crippen molar-refractivity contribution in [2.24, 2.45) is 0 Å². The van der Waals surface area contributed by atoms with Crippen LogP contribution in [0.4, 0.5) is 5.13 Å². The second-order valence-electron chi connectivity index (χ2n) is 5.42. The third kappa shape index (κ3) is 4.05. The Bertz CT molecular complexity index is 729. The second kappa shape index (κ2) is 7.20. The van der Waals surface area contributed by atoms with E-state index < -0.39 is 0 Å². The van der Waals surface area contributed by atoms with Crippen molar-refractivity contribution < 1.29 is 4.79 Å². The van der Waals surface area contributed by atoms with E-state index >= 15 is 0 Å². The minimum Gasteiger partial charge on any atom is -0.302 e. The van der Waals surface area contributed by atoms with E-state index in [2.05, 4.69) is 34.6 Å². The van der Waals surface area contributed by atoms with Gasteiger partial charge in [0.15, 0.2) is 5.13 Å². The number of rotatable bonds is 5. The van der Waals surface area contributed by atoms with Gasteiger partial charge in [0.1, 0.15) is 0 Å². The molecular formula is C19H18N2OS. The number of nitrogens with one attached hydrogen (secondary N) is 1. The first-order valence-corrected chi connectivity index (χ1v) is 8.42. The molecule has 23 heavy (non-hydrogen) atoms. The Hall–Kier alpha value is -2.46. The van der Waals surface area contributed by atoms with Crippen molar-refractivity contribution in [1.29, 1.82) is 0 Å². The average Bonchev–Trinajstić information content (AvgIpc) is 2.99. The molecule has 3 rings (SSSR count). The molecule has 0 aliphatic rings. The number of hydrogen-bond donors (Lipinski definition) is 1. The number of aromatic nitrogens is 1. The van der Waals surface area contributed by atoms with Gasteiger partial charge in [-0.3, -0.25) is 4.79 Å². The molecule has 0 bridgehead atoms. The minimum atomic E-state index is -0.0166. The van der Waals surface area contributed by atoms with E-state index in [0.29, 0.717) is 11.6 Å². The van der Waals surface area contributed by atoms with E-state index in [0.717, 1.165) is 16.8 Å². The molecule has 0 fully saturated rings. The largest absolute Gasteiger partial charge is 0.302 e. The molecule has 0 spiro atoms. The van der Waals surface area contributed by atoms with Crippen LogP contribution >= 0.6 is 11.3 Å². The van der Waals surface area contributed by atoms with Gasteiger partial charge in [-0.1, -0.05) is 60.7 Å². The van der Waals surface area contributed by atoms with Crippen LogP contribution in [0, 0.1) is 6.92 Å². The summed E-state index contributed by atoms with van der Waals surface area (Å²) in [5.74, 6) is 0.0236. The van der Waals surface area contributed by atoms with Crippen LogP contribution in [-0.2, 0) is 4.79 Å². The third-order valence-electron chi connectivity index (χ3n) is 3.66. The van der Waals surface area contributed by atoms with Crippen LogP contribution in [0.25, 0.3) is 0 Å². The van der Waals surface area contributed by atoms with E-state index in [4.69, 9.17) is 0 Å². The number of carbonyl (C=O) groups is 1. The molecule has 4 heteroatoms. The molecule has 3 aromatic rings. The molecule has 0 aliphatic heterocycles. The number of amides is 1. The monoisotopic (exact) mass is 322 g/mol. The Morgan fingerprint density at radius 2 is 1.61 bits per heavy atom. The maximum Gasteiger partial charge on any atom is 0.227 e. The van der Waals surface area contributed by atoms with Gasteiger partial charge < -0.3 is 5.32 Å². The fourth-order valence-corrected chi connectivity index (χ4v) is 3.27. The van der Waals surface area contributed by atoms with Crippen molar-refractivity contribution in [2.45, 2.75) is 19.3 Å². The lowest BCUT2D eigenvalue weighted by Crippen LogP contribution is -2.16. The minimum absolute atomic E-state index is 0.0166. The number of carbonyl (C=O) groups excluding carboxylic acids is 1. The molecular weight excluding hydrogens is 304 g/mol. The summed E-state index contributed by atoms with van der Waals surface area (Å²) in [7, 11) is 0. The van der Waals surface area contributed by atoms with Crippen LogP contribution in [0.2, 0.25) is 0 Å². The summed E-state index contributed by atoms with van der Waals surface area (Å²) in [6, 6.07) is 20.3. The zero-order chi connectivity index (χ0) is 16.1. The van der Waals surface area contributed by atoms with Gasteiger partial charge in [0.05, 0.1) is 5.69 Å². The number of thiazole rings is 1. The molecule has 0 atom stereocenters. The van der Waals surface area contributed by atoms with Crippen LogP contribution in [0.15, 0.2) is 66.0 Å². The van der Waals surface area contributed by atoms with E-state index in [1.807, 2.05) is 48.7 Å². The maximum absolute atomic E-state index is 12.4. The Morgan fingerprint density at radius 1 is 1.04 bits per heavy atom. The third-order valence-corrected chi connectivity index (χ3v) is 4.53. The molecule has 0 saturated heterocycles. The van der Waals surface area contributed by atoms with E-state index in [1.54, 1.807) is 0 Å². The summed E-state index contributed by atoms with van der Waals surface area (Å²) in [6.07, 6.45) is 0.395. The van der Waals surface area contributed by atoms with Gasteiger partial charge in [0.2, 0.25) is 5.91 Å². The highest BCUT2D eigenvalue weighted by Gasteiger charge is 2.18. The number of benzene rings is 2. The molecule has 0 aliphatic carbocycles. The van der Waals surface area contributed by atoms with Crippen LogP contribution in [-0.4, -0.2) is 10.9 Å². The Labute approximate surface area is 140 Å². The van der Waals surface area contributed by atoms with E-state index in [1.165, 1.54) is 11.3 Å². The van der Waals surface area contributed by atoms with Crippen molar-refractivity contribution in [2.75, 3.05) is 5.32 Å². The SMILES string of the molecule is Cc1csc(NC(=O)CC(c2ccccc2)c2ccccc2)n1. The number of aryl methyl sites for hydroxylation is 1. The Morgan fingerprint density at radius 3 is 2.09 bits per heavy atom. The molecule has 116 valence electrons. The first-order valence-electron chi connectivity index (χ1n) is 7.54. The molecule has 1 heterocycles. The van der Waals surface area contributed by atoms with Gasteiger partial charge in [-0.05, 0) is 18.1 Å². The fourth-order valence-electron chi connectivity index (χ4n) is 2.57. The van der Waals surface area contributed by atoms with Gasteiger partial charge in [-0.15, -0.1) is 11.3 Å². The zero-order valence-corrected chi connectivity index (χ0v) is 13.7. The van der Waals surface area contributed by atoms with Crippen molar-refractivity contribution >= 4 is 22.4 Å². The summed E-state index contributed by atoms with van der Waals surface area (Å²) in [6.45, 7) is 1.92. The maximum atomic E-state index is 12.4. The molecule has 2 aromatic carbocycles. The quantitative estimate of drug-likeness (QED) is 0.745. The molecule has 1 aromatic heterocycles. The second-order valence-corrected chi connectivity index (χ2v) is 6.28. The summed E-state index contributed by atoms with van der Waals surface area (Å²) < 4.78 is 0. The van der Waals surface area contributed by atoms with Crippen LogP contribution in [0.3, 0.4) is 0 Å². The Kier molecular flexibility index (Phi) is 4.83. The first kappa shape index (κ1) is 15.4. The zero-order valence-electron chi connectivity index (χ0n) is 12.9. The van der Waals surface area contributed by atoms with Crippen LogP contribution in [0.1, 0.15) is 29.2 Å². The van der Waals surface area contributed by atoms with Crippen LogP contribution < -0.4 is 5.32 Å².